The van der Waals surface area contributed by atoms with Crippen LogP contribution in [-0.4, -0.2) is 4.98 Å². The molecule has 1 rings (SSSR count). The second-order valence-electron chi connectivity index (χ2n) is 3.94. The molecule has 0 spiro atoms. The van der Waals surface area contributed by atoms with Gasteiger partial charge in [0.1, 0.15) is 0 Å². The summed E-state index contributed by atoms with van der Waals surface area (Å²) in [6.45, 7) is 4.57. The van der Waals surface area contributed by atoms with Gasteiger partial charge in [0, 0.05) is 5.41 Å². The lowest BCUT2D eigenvalue weighted by Crippen LogP contribution is -2.19. The Balaban J connectivity index is 3.49. The fourth-order valence-electron chi connectivity index (χ4n) is 0.984. The van der Waals surface area contributed by atoms with Crippen molar-refractivity contribution < 1.29 is 17.6 Å². The highest BCUT2D eigenvalue weighted by molar-refractivity contribution is 5.18. The minimum atomic E-state index is -1.88. The highest BCUT2D eigenvalue weighted by Gasteiger charge is 2.27. The second kappa shape index (κ2) is 3.22. The molecule has 0 amide bonds. The van der Waals surface area contributed by atoms with Crippen molar-refractivity contribution in [2.75, 3.05) is 0 Å². The lowest BCUT2D eigenvalue weighted by Gasteiger charge is -2.18. The summed E-state index contributed by atoms with van der Waals surface area (Å²) in [6.07, 6.45) is 0. The van der Waals surface area contributed by atoms with E-state index in [2.05, 4.69) is 4.98 Å². The monoisotopic (exact) mass is 207 g/mol. The van der Waals surface area contributed by atoms with E-state index in [1.54, 1.807) is 0 Å². The van der Waals surface area contributed by atoms with Gasteiger partial charge in [-0.15, -0.1) is 0 Å². The minimum Gasteiger partial charge on any atom is -0.218 e. The van der Waals surface area contributed by atoms with E-state index in [4.69, 9.17) is 0 Å². The summed E-state index contributed by atoms with van der Waals surface area (Å²) in [5.41, 5.74) is -1.30. The van der Waals surface area contributed by atoms with Crippen LogP contribution in [0, 0.1) is 23.4 Å². The molecule has 0 saturated heterocycles. The molecule has 78 valence electrons. The van der Waals surface area contributed by atoms with Gasteiger partial charge in [-0.05, 0) is 0 Å². The van der Waals surface area contributed by atoms with Crippen molar-refractivity contribution in [1.82, 2.24) is 4.98 Å². The molecule has 0 fully saturated rings. The number of hydrogen-bond donors (Lipinski definition) is 0. The lowest BCUT2D eigenvalue weighted by molar-refractivity contribution is 0.366. The zero-order chi connectivity index (χ0) is 11.1. The molecule has 0 atom stereocenters. The molecule has 0 N–H and O–H groups in total. The summed E-state index contributed by atoms with van der Waals surface area (Å²) in [6, 6.07) is 0. The Morgan fingerprint density at radius 2 is 1.36 bits per heavy atom. The number of aromatic nitrogens is 1. The zero-order valence-electron chi connectivity index (χ0n) is 7.96. The summed E-state index contributed by atoms with van der Waals surface area (Å²) in [5, 5.41) is 0. The molecule has 0 unspecified atom stereocenters. The molecule has 0 saturated carbocycles. The van der Waals surface area contributed by atoms with Crippen LogP contribution in [0.2, 0.25) is 0 Å². The average molecular weight is 207 g/mol. The molecule has 0 aliphatic carbocycles. The molecular weight excluding hydrogens is 198 g/mol. The van der Waals surface area contributed by atoms with Crippen molar-refractivity contribution in [2.24, 2.45) is 0 Å². The first-order valence-corrected chi connectivity index (χ1v) is 3.95. The summed E-state index contributed by atoms with van der Waals surface area (Å²) < 4.78 is 51.0. The predicted molar refractivity (Wildman–Crippen MR) is 42.8 cm³/mol. The van der Waals surface area contributed by atoms with Crippen molar-refractivity contribution in [2.45, 2.75) is 26.2 Å². The third-order valence-corrected chi connectivity index (χ3v) is 1.69. The maximum Gasteiger partial charge on any atom is 0.252 e. The van der Waals surface area contributed by atoms with Gasteiger partial charge in [-0.2, -0.15) is 8.78 Å². The van der Waals surface area contributed by atoms with Crippen molar-refractivity contribution in [1.29, 1.82) is 0 Å². The third-order valence-electron chi connectivity index (χ3n) is 1.69. The SMILES string of the molecule is CC(C)(C)c1nc(F)c(F)c(F)c1F. The van der Waals surface area contributed by atoms with Gasteiger partial charge in [-0.3, -0.25) is 0 Å². The third kappa shape index (κ3) is 1.71. The van der Waals surface area contributed by atoms with Crippen molar-refractivity contribution in [3.8, 4) is 0 Å². The van der Waals surface area contributed by atoms with Crippen LogP contribution in [0.25, 0.3) is 0 Å². The topological polar surface area (TPSA) is 12.9 Å². The van der Waals surface area contributed by atoms with Gasteiger partial charge in [0.05, 0.1) is 5.69 Å². The Bertz CT molecular complexity index is 368. The van der Waals surface area contributed by atoms with E-state index in [9.17, 15) is 17.6 Å². The number of hydrogen-bond acceptors (Lipinski definition) is 1. The molecule has 0 radical (unpaired) electrons. The van der Waals surface area contributed by atoms with Crippen LogP contribution in [0.15, 0.2) is 0 Å². The molecule has 0 bridgehead atoms. The van der Waals surface area contributed by atoms with E-state index in [-0.39, 0.29) is 0 Å². The highest BCUT2D eigenvalue weighted by atomic mass is 19.2. The smallest absolute Gasteiger partial charge is 0.218 e. The van der Waals surface area contributed by atoms with Crippen molar-refractivity contribution in [3.63, 3.8) is 0 Å². The van der Waals surface area contributed by atoms with E-state index < -0.39 is 34.5 Å². The fourth-order valence-corrected chi connectivity index (χ4v) is 0.984. The second-order valence-corrected chi connectivity index (χ2v) is 3.94. The van der Waals surface area contributed by atoms with Crippen LogP contribution < -0.4 is 0 Å². The van der Waals surface area contributed by atoms with Crippen molar-refractivity contribution in [3.05, 3.63) is 29.1 Å². The first-order chi connectivity index (χ1) is 6.25. The minimum absolute atomic E-state index is 0.422. The molecule has 1 heterocycles. The standard InChI is InChI=1S/C9H9F4N/c1-9(2,3)7-5(11)4(10)6(12)8(13)14-7/h1-3H3. The molecular formula is C9H9F4N. The Morgan fingerprint density at radius 1 is 0.857 bits per heavy atom. The van der Waals surface area contributed by atoms with Crippen LogP contribution in [0.4, 0.5) is 17.6 Å². The van der Waals surface area contributed by atoms with Crippen LogP contribution in [0.3, 0.4) is 0 Å². The number of pyridine rings is 1. The molecule has 1 aromatic rings. The van der Waals surface area contributed by atoms with Crippen molar-refractivity contribution >= 4 is 0 Å². The molecule has 0 aromatic carbocycles. The molecule has 1 nitrogen and oxygen atoms in total. The van der Waals surface area contributed by atoms with E-state index in [0.29, 0.717) is 0 Å². The van der Waals surface area contributed by atoms with E-state index >= 15 is 0 Å². The molecule has 0 aliphatic rings. The average Bonchev–Trinajstić information content (AvgIpc) is 2.06. The maximum atomic E-state index is 13.1. The Hall–Kier alpha value is -1.13. The van der Waals surface area contributed by atoms with Gasteiger partial charge in [0.25, 0.3) is 5.95 Å². The molecule has 5 heteroatoms. The number of nitrogens with zero attached hydrogens (tertiary/aromatic N) is 1. The highest BCUT2D eigenvalue weighted by Crippen LogP contribution is 2.26. The van der Waals surface area contributed by atoms with E-state index in [0.717, 1.165) is 0 Å². The fraction of sp³-hybridized carbons (Fsp3) is 0.444. The molecule has 0 aliphatic heterocycles. The Labute approximate surface area is 78.8 Å². The normalized spacial score (nSPS) is 11.9. The van der Waals surface area contributed by atoms with Gasteiger partial charge in [-0.25, -0.2) is 13.8 Å². The Morgan fingerprint density at radius 3 is 1.79 bits per heavy atom. The van der Waals surface area contributed by atoms with Gasteiger partial charge >= 0.3 is 0 Å². The van der Waals surface area contributed by atoms with Crippen LogP contribution >= 0.6 is 0 Å². The summed E-state index contributed by atoms with van der Waals surface area (Å²) in [5.74, 6) is -6.75. The zero-order valence-corrected chi connectivity index (χ0v) is 7.96. The lowest BCUT2D eigenvalue weighted by atomic mass is 9.91. The first-order valence-electron chi connectivity index (χ1n) is 3.95. The summed E-state index contributed by atoms with van der Waals surface area (Å²) in [4.78, 5) is 3.05. The molecule has 1 aromatic heterocycles. The maximum absolute atomic E-state index is 13.1. The van der Waals surface area contributed by atoms with Crippen LogP contribution in [0.1, 0.15) is 26.5 Å². The summed E-state index contributed by atoms with van der Waals surface area (Å²) in [7, 11) is 0. The predicted octanol–water partition coefficient (Wildman–Crippen LogP) is 2.94. The van der Waals surface area contributed by atoms with Crippen LogP contribution in [-0.2, 0) is 5.41 Å². The number of halogens is 4. The van der Waals surface area contributed by atoms with E-state index in [1.807, 2.05) is 0 Å². The Kier molecular flexibility index (Phi) is 2.52. The first kappa shape index (κ1) is 10.9. The largest absolute Gasteiger partial charge is 0.252 e. The van der Waals surface area contributed by atoms with Gasteiger partial charge in [-0.1, -0.05) is 20.8 Å². The van der Waals surface area contributed by atoms with Crippen LogP contribution in [0.5, 0.6) is 0 Å². The van der Waals surface area contributed by atoms with Gasteiger partial charge in [0.15, 0.2) is 5.82 Å². The van der Waals surface area contributed by atoms with Gasteiger partial charge in [0.2, 0.25) is 11.6 Å². The summed E-state index contributed by atoms with van der Waals surface area (Å²) >= 11 is 0. The molecule has 14 heavy (non-hydrogen) atoms. The van der Waals surface area contributed by atoms with E-state index in [1.165, 1.54) is 20.8 Å². The quantitative estimate of drug-likeness (QED) is 0.470. The number of rotatable bonds is 0. The van der Waals surface area contributed by atoms with Gasteiger partial charge < -0.3 is 0 Å².